The Kier molecular flexibility index (Phi) is 4.90. The van der Waals surface area contributed by atoms with E-state index in [1.54, 1.807) is 24.3 Å². The van der Waals surface area contributed by atoms with E-state index in [9.17, 15) is 4.79 Å². The van der Waals surface area contributed by atoms with Gasteiger partial charge in [0, 0.05) is 17.3 Å². The Labute approximate surface area is 105 Å². The zero-order valence-corrected chi connectivity index (χ0v) is 10.4. The van der Waals surface area contributed by atoms with Gasteiger partial charge in [0.25, 0.3) is 0 Å². The second kappa shape index (κ2) is 5.97. The van der Waals surface area contributed by atoms with E-state index < -0.39 is 6.09 Å². The largest absolute Gasteiger partial charge is 0.465 e. The van der Waals surface area contributed by atoms with Crippen LogP contribution in [0.4, 0.5) is 10.5 Å². The minimum absolute atomic E-state index is 0.199. The molecule has 0 aliphatic carbocycles. The lowest BCUT2D eigenvalue weighted by atomic mass is 10.2. The molecular weight excluding hydrogens is 249 g/mol. The number of anilines is 1. The van der Waals surface area contributed by atoms with Gasteiger partial charge in [0.15, 0.2) is 0 Å². The molecule has 1 unspecified atom stereocenters. The molecule has 0 saturated heterocycles. The number of benzene rings is 1. The lowest BCUT2D eigenvalue weighted by molar-refractivity contribution is 0.201. The Balaban J connectivity index is 2.89. The maximum Gasteiger partial charge on any atom is 0.411 e. The molecule has 1 atom stereocenters. The minimum Gasteiger partial charge on any atom is -0.465 e. The van der Waals surface area contributed by atoms with E-state index >= 15 is 0 Å². The van der Waals surface area contributed by atoms with E-state index in [1.807, 2.05) is 6.92 Å². The monoisotopic (exact) mass is 261 g/mol. The van der Waals surface area contributed by atoms with Gasteiger partial charge in [0.1, 0.15) is 0 Å². The summed E-state index contributed by atoms with van der Waals surface area (Å²) < 4.78 is 0. The van der Waals surface area contributed by atoms with Gasteiger partial charge in [0.2, 0.25) is 0 Å². The van der Waals surface area contributed by atoms with Gasteiger partial charge in [-0.1, -0.05) is 24.6 Å². The van der Waals surface area contributed by atoms with Gasteiger partial charge in [-0.25, -0.2) is 4.79 Å². The molecule has 0 spiro atoms. The number of nitrogens with zero attached hydrogens (tertiary/aromatic N) is 1. The Morgan fingerprint density at radius 3 is 2.75 bits per heavy atom. The lowest BCUT2D eigenvalue weighted by Crippen LogP contribution is -2.34. The van der Waals surface area contributed by atoms with Gasteiger partial charge in [-0.15, -0.1) is 11.6 Å². The molecule has 0 aromatic heterocycles. The molecule has 0 aliphatic rings. The maximum absolute atomic E-state index is 11.1. The van der Waals surface area contributed by atoms with Crippen LogP contribution in [-0.2, 0) is 0 Å². The molecule has 1 aromatic rings. The zero-order chi connectivity index (χ0) is 12.1. The van der Waals surface area contributed by atoms with Gasteiger partial charge in [-0.2, -0.15) is 0 Å². The van der Waals surface area contributed by atoms with Crippen LogP contribution in [0, 0.1) is 0 Å². The fourth-order valence-electron chi connectivity index (χ4n) is 1.27. The molecule has 0 fully saturated rings. The first kappa shape index (κ1) is 13.1. The van der Waals surface area contributed by atoms with Crippen molar-refractivity contribution in [3.05, 3.63) is 29.3 Å². The zero-order valence-electron chi connectivity index (χ0n) is 8.86. The lowest BCUT2D eigenvalue weighted by Gasteiger charge is -2.21. The van der Waals surface area contributed by atoms with E-state index in [2.05, 4.69) is 0 Å². The Morgan fingerprint density at radius 2 is 2.25 bits per heavy atom. The average molecular weight is 262 g/mol. The van der Waals surface area contributed by atoms with E-state index in [0.29, 0.717) is 17.1 Å². The second-order valence-electron chi connectivity index (χ2n) is 3.38. The van der Waals surface area contributed by atoms with Crippen LogP contribution in [0.5, 0.6) is 0 Å². The highest BCUT2D eigenvalue weighted by Crippen LogP contribution is 2.21. The van der Waals surface area contributed by atoms with Crippen LogP contribution in [0.2, 0.25) is 5.02 Å². The molecule has 88 valence electrons. The van der Waals surface area contributed by atoms with Crippen LogP contribution in [-0.4, -0.2) is 23.1 Å². The highest BCUT2D eigenvalue weighted by atomic mass is 35.5. The number of hydrogen-bond acceptors (Lipinski definition) is 1. The van der Waals surface area contributed by atoms with E-state index in [1.165, 1.54) is 4.90 Å². The Hall–Kier alpha value is -0.930. The predicted molar refractivity (Wildman–Crippen MR) is 66.8 cm³/mol. The van der Waals surface area contributed by atoms with Crippen LogP contribution in [0.25, 0.3) is 0 Å². The smallest absolute Gasteiger partial charge is 0.411 e. The Morgan fingerprint density at radius 1 is 1.56 bits per heavy atom. The highest BCUT2D eigenvalue weighted by Gasteiger charge is 2.17. The number of halogens is 2. The summed E-state index contributed by atoms with van der Waals surface area (Å²) in [4.78, 5) is 12.3. The number of amides is 1. The first-order valence-electron chi connectivity index (χ1n) is 4.94. The Bertz CT molecular complexity index is 371. The van der Waals surface area contributed by atoms with E-state index in [4.69, 9.17) is 28.3 Å². The quantitative estimate of drug-likeness (QED) is 0.837. The summed E-state index contributed by atoms with van der Waals surface area (Å²) in [5.74, 6) is 0. The topological polar surface area (TPSA) is 40.5 Å². The highest BCUT2D eigenvalue weighted by molar-refractivity contribution is 6.30. The van der Waals surface area contributed by atoms with Gasteiger partial charge < -0.3 is 5.11 Å². The third-order valence-electron chi connectivity index (χ3n) is 2.17. The van der Waals surface area contributed by atoms with Crippen LogP contribution in [0.3, 0.4) is 0 Å². The fourth-order valence-corrected chi connectivity index (χ4v) is 1.59. The number of carboxylic acid groups (broad SMARTS) is 1. The summed E-state index contributed by atoms with van der Waals surface area (Å²) in [5, 5.41) is 9.39. The SMILES string of the molecule is CCC(Cl)CN(C(=O)O)c1cccc(Cl)c1. The van der Waals surface area contributed by atoms with Crippen molar-refractivity contribution < 1.29 is 9.90 Å². The van der Waals surface area contributed by atoms with Gasteiger partial charge >= 0.3 is 6.09 Å². The van der Waals surface area contributed by atoms with Gasteiger partial charge in [-0.3, -0.25) is 4.90 Å². The molecule has 1 aromatic carbocycles. The molecule has 1 N–H and O–H groups in total. The normalized spacial score (nSPS) is 12.2. The molecule has 3 nitrogen and oxygen atoms in total. The van der Waals surface area contributed by atoms with Gasteiger partial charge in [0.05, 0.1) is 5.38 Å². The first-order chi connectivity index (χ1) is 7.54. The van der Waals surface area contributed by atoms with Crippen molar-refractivity contribution >= 4 is 35.0 Å². The summed E-state index contributed by atoms with van der Waals surface area (Å²) in [7, 11) is 0. The summed E-state index contributed by atoms with van der Waals surface area (Å²) >= 11 is 11.8. The van der Waals surface area contributed by atoms with E-state index in [-0.39, 0.29) is 11.9 Å². The van der Waals surface area contributed by atoms with Crippen molar-refractivity contribution in [3.8, 4) is 0 Å². The third kappa shape index (κ3) is 3.58. The van der Waals surface area contributed by atoms with Crippen molar-refractivity contribution in [2.45, 2.75) is 18.7 Å². The molecule has 1 rings (SSSR count). The van der Waals surface area contributed by atoms with Crippen LogP contribution in [0.1, 0.15) is 13.3 Å². The maximum atomic E-state index is 11.1. The number of rotatable bonds is 4. The molecule has 0 heterocycles. The molecule has 0 saturated carbocycles. The molecule has 0 bridgehead atoms. The molecule has 0 radical (unpaired) electrons. The predicted octanol–water partition coefficient (Wildman–Crippen LogP) is 3.84. The number of carbonyl (C=O) groups is 1. The van der Waals surface area contributed by atoms with Crippen LogP contribution < -0.4 is 4.90 Å². The number of hydrogen-bond donors (Lipinski definition) is 1. The molecule has 0 aliphatic heterocycles. The molecule has 5 heteroatoms. The summed E-state index contributed by atoms with van der Waals surface area (Å²) in [5.41, 5.74) is 0.541. The summed E-state index contributed by atoms with van der Waals surface area (Å²) in [6.45, 7) is 2.17. The van der Waals surface area contributed by atoms with Crippen LogP contribution in [0.15, 0.2) is 24.3 Å². The van der Waals surface area contributed by atoms with Crippen molar-refractivity contribution in [2.75, 3.05) is 11.4 Å². The fraction of sp³-hybridized carbons (Fsp3) is 0.364. The van der Waals surface area contributed by atoms with Gasteiger partial charge in [-0.05, 0) is 24.6 Å². The van der Waals surface area contributed by atoms with Crippen LogP contribution >= 0.6 is 23.2 Å². The first-order valence-corrected chi connectivity index (χ1v) is 5.76. The minimum atomic E-state index is -1.03. The van der Waals surface area contributed by atoms with Crippen molar-refractivity contribution in [3.63, 3.8) is 0 Å². The third-order valence-corrected chi connectivity index (χ3v) is 2.86. The summed E-state index contributed by atoms with van der Waals surface area (Å²) in [6, 6.07) is 6.71. The van der Waals surface area contributed by atoms with E-state index in [0.717, 1.165) is 0 Å². The molecule has 16 heavy (non-hydrogen) atoms. The average Bonchev–Trinajstić information content (AvgIpc) is 2.25. The van der Waals surface area contributed by atoms with Crippen molar-refractivity contribution in [1.29, 1.82) is 0 Å². The summed E-state index contributed by atoms with van der Waals surface area (Å²) in [6.07, 6.45) is -0.312. The second-order valence-corrected chi connectivity index (χ2v) is 4.43. The van der Waals surface area contributed by atoms with Crippen molar-refractivity contribution in [2.24, 2.45) is 0 Å². The number of alkyl halides is 1. The standard InChI is InChI=1S/C11H13Cl2NO2/c1-2-8(12)7-14(11(15)16)10-5-3-4-9(13)6-10/h3-6,8H,2,7H2,1H3,(H,15,16). The molecule has 1 amide bonds. The molecular formula is C11H13Cl2NO2. The van der Waals surface area contributed by atoms with Crippen molar-refractivity contribution in [1.82, 2.24) is 0 Å².